The summed E-state index contributed by atoms with van der Waals surface area (Å²) in [6, 6.07) is 21.3. The Morgan fingerprint density at radius 3 is 2.25 bits per heavy atom. The summed E-state index contributed by atoms with van der Waals surface area (Å²) < 4.78 is 10.4. The van der Waals surface area contributed by atoms with Crippen LogP contribution in [0.15, 0.2) is 71.1 Å². The number of hydrogen-bond donors (Lipinski definition) is 1. The molecule has 4 heteroatoms. The molecule has 0 bridgehead atoms. The summed E-state index contributed by atoms with van der Waals surface area (Å²) in [5.74, 6) is 0.0568. The van der Waals surface area contributed by atoms with Crippen LogP contribution in [0.25, 0.3) is 22.5 Å². The van der Waals surface area contributed by atoms with Gasteiger partial charge in [-0.2, -0.15) is 0 Å². The smallest absolute Gasteiger partial charge is 0.342 e. The number of benzene rings is 2. The zero-order valence-electron chi connectivity index (χ0n) is 13.3. The third kappa shape index (κ3) is 3.39. The summed E-state index contributed by atoms with van der Waals surface area (Å²) in [5, 5.41) is 9.90. The van der Waals surface area contributed by atoms with Crippen molar-refractivity contribution >= 4 is 5.97 Å². The Hall–Kier alpha value is -2.85. The molecular formula is C20H18O4. The number of carbonyl (C=O) groups excluding carboxylic acids is 1. The first-order chi connectivity index (χ1) is 11.7. The molecule has 1 N–H and O–H groups in total. The predicted molar refractivity (Wildman–Crippen MR) is 91.2 cm³/mol. The van der Waals surface area contributed by atoms with Crippen molar-refractivity contribution in [3.05, 3.63) is 72.5 Å². The maximum absolute atomic E-state index is 11.6. The first kappa shape index (κ1) is 16.0. The molecule has 3 aromatic rings. The minimum absolute atomic E-state index is 0.176. The molecule has 1 heterocycles. The molecule has 0 amide bonds. The third-order valence-electron chi connectivity index (χ3n) is 3.68. The zero-order valence-corrected chi connectivity index (χ0v) is 13.3. The molecule has 0 aliphatic carbocycles. The SMILES string of the molecule is CCOC(=O)C(O)c1ccc(-c2ccc(-c3ccccc3)cc2)o1. The third-order valence-corrected chi connectivity index (χ3v) is 3.68. The number of esters is 1. The first-order valence-electron chi connectivity index (χ1n) is 7.79. The Morgan fingerprint density at radius 2 is 1.58 bits per heavy atom. The fourth-order valence-corrected chi connectivity index (χ4v) is 2.45. The molecule has 122 valence electrons. The van der Waals surface area contributed by atoms with E-state index in [4.69, 9.17) is 9.15 Å². The Kier molecular flexibility index (Phi) is 4.77. The fourth-order valence-electron chi connectivity index (χ4n) is 2.45. The Morgan fingerprint density at radius 1 is 0.958 bits per heavy atom. The van der Waals surface area contributed by atoms with Gasteiger partial charge in [0.2, 0.25) is 6.10 Å². The average Bonchev–Trinajstić information content (AvgIpc) is 3.12. The van der Waals surface area contributed by atoms with Crippen LogP contribution >= 0.6 is 0 Å². The van der Waals surface area contributed by atoms with Crippen molar-refractivity contribution < 1.29 is 19.1 Å². The predicted octanol–water partition coefficient (Wildman–Crippen LogP) is 4.21. The van der Waals surface area contributed by atoms with Crippen LogP contribution in [0.2, 0.25) is 0 Å². The monoisotopic (exact) mass is 322 g/mol. The van der Waals surface area contributed by atoms with Gasteiger partial charge in [0.1, 0.15) is 11.5 Å². The van der Waals surface area contributed by atoms with Crippen molar-refractivity contribution in [2.45, 2.75) is 13.0 Å². The minimum atomic E-state index is -1.40. The van der Waals surface area contributed by atoms with E-state index in [0.29, 0.717) is 5.76 Å². The molecule has 24 heavy (non-hydrogen) atoms. The lowest BCUT2D eigenvalue weighted by Gasteiger charge is -2.06. The van der Waals surface area contributed by atoms with Gasteiger partial charge in [-0.3, -0.25) is 0 Å². The van der Waals surface area contributed by atoms with E-state index in [0.717, 1.165) is 16.7 Å². The van der Waals surface area contributed by atoms with Gasteiger partial charge >= 0.3 is 5.97 Å². The van der Waals surface area contributed by atoms with Crippen molar-refractivity contribution in [2.24, 2.45) is 0 Å². The van der Waals surface area contributed by atoms with Crippen molar-refractivity contribution in [1.29, 1.82) is 0 Å². The van der Waals surface area contributed by atoms with E-state index < -0.39 is 12.1 Å². The van der Waals surface area contributed by atoms with Crippen LogP contribution in [0.1, 0.15) is 18.8 Å². The van der Waals surface area contributed by atoms with Crippen molar-refractivity contribution in [1.82, 2.24) is 0 Å². The van der Waals surface area contributed by atoms with E-state index in [2.05, 4.69) is 12.1 Å². The molecule has 0 spiro atoms. The number of hydrogen-bond acceptors (Lipinski definition) is 4. The highest BCUT2D eigenvalue weighted by molar-refractivity contribution is 5.76. The van der Waals surface area contributed by atoms with Crippen LogP contribution in [0, 0.1) is 0 Å². The van der Waals surface area contributed by atoms with Gasteiger partial charge in [-0.05, 0) is 30.2 Å². The van der Waals surface area contributed by atoms with E-state index in [1.807, 2.05) is 42.5 Å². The summed E-state index contributed by atoms with van der Waals surface area (Å²) in [6.45, 7) is 1.90. The second kappa shape index (κ2) is 7.15. The highest BCUT2D eigenvalue weighted by atomic mass is 16.5. The molecule has 3 rings (SSSR count). The van der Waals surface area contributed by atoms with Crippen LogP contribution in [-0.4, -0.2) is 17.7 Å². The number of rotatable bonds is 5. The van der Waals surface area contributed by atoms with E-state index in [1.165, 1.54) is 0 Å². The largest absolute Gasteiger partial charge is 0.464 e. The number of carbonyl (C=O) groups is 1. The minimum Gasteiger partial charge on any atom is -0.464 e. The summed E-state index contributed by atoms with van der Waals surface area (Å²) in [5.41, 5.74) is 3.12. The number of aliphatic hydroxyl groups excluding tert-OH is 1. The van der Waals surface area contributed by atoms with E-state index >= 15 is 0 Å². The van der Waals surface area contributed by atoms with Gasteiger partial charge in [0.15, 0.2) is 0 Å². The zero-order chi connectivity index (χ0) is 16.9. The fraction of sp³-hybridized carbons (Fsp3) is 0.150. The Labute approximate surface area is 140 Å². The molecule has 0 aliphatic heterocycles. The van der Waals surface area contributed by atoms with Gasteiger partial charge in [0, 0.05) is 5.56 Å². The number of furan rings is 1. The molecular weight excluding hydrogens is 304 g/mol. The molecule has 2 aromatic carbocycles. The quantitative estimate of drug-likeness (QED) is 0.715. The van der Waals surface area contributed by atoms with Crippen LogP contribution in [0.5, 0.6) is 0 Å². The van der Waals surface area contributed by atoms with Crippen molar-refractivity contribution in [2.75, 3.05) is 6.61 Å². The topological polar surface area (TPSA) is 59.7 Å². The molecule has 0 saturated heterocycles. The standard InChI is InChI=1S/C20H18O4/c1-2-23-20(22)19(21)18-13-12-17(24-18)16-10-8-15(9-11-16)14-6-4-3-5-7-14/h3-13,19,21H,2H2,1H3. The molecule has 0 fully saturated rings. The highest BCUT2D eigenvalue weighted by Crippen LogP contribution is 2.28. The van der Waals surface area contributed by atoms with Crippen molar-refractivity contribution in [3.8, 4) is 22.5 Å². The normalized spacial score (nSPS) is 11.9. The van der Waals surface area contributed by atoms with E-state index in [1.54, 1.807) is 19.1 Å². The van der Waals surface area contributed by atoms with Crippen LogP contribution in [0.3, 0.4) is 0 Å². The number of ether oxygens (including phenoxy) is 1. The highest BCUT2D eigenvalue weighted by Gasteiger charge is 2.22. The Balaban J connectivity index is 1.79. The molecule has 1 unspecified atom stereocenters. The van der Waals surface area contributed by atoms with Gasteiger partial charge in [-0.15, -0.1) is 0 Å². The summed E-state index contributed by atoms with van der Waals surface area (Å²) in [6.07, 6.45) is -1.40. The molecule has 0 radical (unpaired) electrons. The van der Waals surface area contributed by atoms with Crippen molar-refractivity contribution in [3.63, 3.8) is 0 Å². The lowest BCUT2D eigenvalue weighted by atomic mass is 10.0. The summed E-state index contributed by atoms with van der Waals surface area (Å²) >= 11 is 0. The van der Waals surface area contributed by atoms with Gasteiger partial charge < -0.3 is 14.3 Å². The average molecular weight is 322 g/mol. The van der Waals surface area contributed by atoms with Gasteiger partial charge in [0.25, 0.3) is 0 Å². The van der Waals surface area contributed by atoms with Crippen LogP contribution in [-0.2, 0) is 9.53 Å². The van der Waals surface area contributed by atoms with Gasteiger partial charge in [-0.1, -0.05) is 54.6 Å². The van der Waals surface area contributed by atoms with E-state index in [-0.39, 0.29) is 12.4 Å². The lowest BCUT2D eigenvalue weighted by Crippen LogP contribution is -2.14. The Bertz CT molecular complexity index is 803. The molecule has 0 aliphatic rings. The maximum Gasteiger partial charge on any atom is 0.342 e. The molecule has 1 atom stereocenters. The first-order valence-corrected chi connectivity index (χ1v) is 7.79. The number of aliphatic hydroxyl groups is 1. The molecule has 4 nitrogen and oxygen atoms in total. The summed E-state index contributed by atoms with van der Waals surface area (Å²) in [7, 11) is 0. The second-order valence-corrected chi connectivity index (χ2v) is 5.30. The van der Waals surface area contributed by atoms with Gasteiger partial charge in [0.05, 0.1) is 6.61 Å². The second-order valence-electron chi connectivity index (χ2n) is 5.30. The summed E-state index contributed by atoms with van der Waals surface area (Å²) in [4.78, 5) is 11.6. The molecule has 0 saturated carbocycles. The van der Waals surface area contributed by atoms with E-state index in [9.17, 15) is 9.90 Å². The maximum atomic E-state index is 11.6. The lowest BCUT2D eigenvalue weighted by molar-refractivity contribution is -0.154. The van der Waals surface area contributed by atoms with Crippen LogP contribution < -0.4 is 0 Å². The molecule has 1 aromatic heterocycles. The van der Waals surface area contributed by atoms with Gasteiger partial charge in [-0.25, -0.2) is 4.79 Å². The van der Waals surface area contributed by atoms with Crippen LogP contribution in [0.4, 0.5) is 0 Å².